The first-order chi connectivity index (χ1) is 8.30. The van der Waals surface area contributed by atoms with E-state index in [0.717, 1.165) is 12.1 Å². The summed E-state index contributed by atoms with van der Waals surface area (Å²) in [6.07, 6.45) is -4.67. The van der Waals surface area contributed by atoms with Crippen molar-refractivity contribution in [3.05, 3.63) is 29.3 Å². The number of halogens is 3. The van der Waals surface area contributed by atoms with Gasteiger partial charge in [-0.05, 0) is 30.7 Å². The molecule has 98 valence electrons. The van der Waals surface area contributed by atoms with E-state index in [1.807, 2.05) is 0 Å². The van der Waals surface area contributed by atoms with Crippen LogP contribution < -0.4 is 5.43 Å². The van der Waals surface area contributed by atoms with Crippen LogP contribution in [0.15, 0.2) is 27.5 Å². The Morgan fingerprint density at radius 3 is 2.89 bits per heavy atom. The van der Waals surface area contributed by atoms with Crippen LogP contribution in [0.2, 0.25) is 0 Å². The Bertz CT molecular complexity index is 634. The smallest absolute Gasteiger partial charge is 0.227 e. The quantitative estimate of drug-likeness (QED) is 0.789. The van der Waals surface area contributed by atoms with E-state index in [4.69, 9.17) is 0 Å². The molecule has 18 heavy (non-hydrogen) atoms. The van der Waals surface area contributed by atoms with Crippen LogP contribution in [-0.4, -0.2) is 14.8 Å². The Morgan fingerprint density at radius 1 is 1.50 bits per heavy atom. The molecule has 1 aromatic rings. The summed E-state index contributed by atoms with van der Waals surface area (Å²) in [5, 5.41) is 0. The van der Waals surface area contributed by atoms with Crippen molar-refractivity contribution in [2.45, 2.75) is 30.7 Å². The summed E-state index contributed by atoms with van der Waals surface area (Å²) in [6, 6.07) is 3.26. The maximum Gasteiger partial charge on any atom is 0.416 e. The molecule has 0 radical (unpaired) electrons. The highest BCUT2D eigenvalue weighted by Gasteiger charge is 2.40. The lowest BCUT2D eigenvalue weighted by atomic mass is 10.1. The first-order valence-electron chi connectivity index (χ1n) is 5.31. The summed E-state index contributed by atoms with van der Waals surface area (Å²) in [5.74, 6) is 0. The van der Waals surface area contributed by atoms with Gasteiger partial charge in [-0.15, -0.1) is 4.41 Å². The van der Waals surface area contributed by atoms with E-state index >= 15 is 0 Å². The van der Waals surface area contributed by atoms with Gasteiger partial charge in [0.2, 0.25) is 0 Å². The van der Waals surface area contributed by atoms with Gasteiger partial charge in [-0.3, -0.25) is 0 Å². The molecule has 2 heterocycles. The van der Waals surface area contributed by atoms with E-state index in [-0.39, 0.29) is 12.7 Å². The fraction of sp³-hybridized carbons (Fsp3) is 0.400. The number of rotatable bonds is 0. The van der Waals surface area contributed by atoms with Gasteiger partial charge in [0, 0.05) is 0 Å². The zero-order valence-electron chi connectivity index (χ0n) is 9.36. The molecule has 0 bridgehead atoms. The topological polar surface area (TPSA) is 44.7 Å². The minimum Gasteiger partial charge on any atom is -0.227 e. The summed E-state index contributed by atoms with van der Waals surface area (Å²) in [7, 11) is -2.75. The highest BCUT2D eigenvalue weighted by atomic mass is 32.2. The molecule has 8 heteroatoms. The monoisotopic (exact) mass is 277 g/mol. The lowest BCUT2D eigenvalue weighted by molar-refractivity contribution is -0.137. The molecule has 2 aliphatic heterocycles. The third-order valence-electron chi connectivity index (χ3n) is 2.92. The number of benzene rings is 1. The molecule has 2 unspecified atom stereocenters. The van der Waals surface area contributed by atoms with E-state index in [0.29, 0.717) is 10.5 Å². The van der Waals surface area contributed by atoms with Gasteiger partial charge in [-0.2, -0.15) is 17.5 Å². The molecule has 0 saturated heterocycles. The summed E-state index contributed by atoms with van der Waals surface area (Å²) >= 11 is 0. The van der Waals surface area contributed by atoms with Crippen molar-refractivity contribution >= 4 is 9.92 Å². The molecule has 0 aromatic heterocycles. The van der Waals surface area contributed by atoms with Gasteiger partial charge in [0.05, 0.1) is 17.0 Å². The van der Waals surface area contributed by atoms with Crippen LogP contribution in [0.25, 0.3) is 0 Å². The summed E-state index contributed by atoms with van der Waals surface area (Å²) in [6.45, 7) is 1.92. The fourth-order valence-electron chi connectivity index (χ4n) is 2.18. The van der Waals surface area contributed by atoms with Crippen LogP contribution in [-0.2, 0) is 22.6 Å². The van der Waals surface area contributed by atoms with Gasteiger partial charge < -0.3 is 0 Å². The molecule has 3 rings (SSSR count). The molecule has 1 N–H and O–H groups in total. The summed E-state index contributed by atoms with van der Waals surface area (Å²) in [4.78, 5) is 0.382. The van der Waals surface area contributed by atoms with Crippen LogP contribution in [0.1, 0.15) is 18.1 Å². The summed E-state index contributed by atoms with van der Waals surface area (Å²) < 4.78 is 55.8. The molecule has 2 aliphatic rings. The average molecular weight is 277 g/mol. The van der Waals surface area contributed by atoms with Gasteiger partial charge in [0.15, 0.2) is 9.92 Å². The van der Waals surface area contributed by atoms with Gasteiger partial charge in [-0.1, -0.05) is 0 Å². The first kappa shape index (κ1) is 11.9. The van der Waals surface area contributed by atoms with Crippen LogP contribution in [0.5, 0.6) is 0 Å². The van der Waals surface area contributed by atoms with Crippen molar-refractivity contribution in [1.82, 2.24) is 9.84 Å². The third kappa shape index (κ3) is 1.56. The Morgan fingerprint density at radius 2 is 2.22 bits per heavy atom. The standard InChI is InChI=1S/C10H10F3N3OS/c1-6-14-16-5-7-4-8(10(11,12)13)2-3-9(7)18(16,17)15-6/h2-4,6,14H,5H2,1H3. The first-order valence-corrected chi connectivity index (χ1v) is 6.78. The Hall–Kier alpha value is -1.12. The van der Waals surface area contributed by atoms with Gasteiger partial charge in [0.1, 0.15) is 6.17 Å². The van der Waals surface area contributed by atoms with Crippen LogP contribution in [0, 0.1) is 0 Å². The minimum atomic E-state index is -4.38. The van der Waals surface area contributed by atoms with E-state index < -0.39 is 21.7 Å². The van der Waals surface area contributed by atoms with E-state index in [1.54, 1.807) is 6.92 Å². The molecule has 0 aliphatic carbocycles. The number of hydrogen-bond acceptors (Lipinski definition) is 3. The second-order valence-corrected chi connectivity index (χ2v) is 6.35. The summed E-state index contributed by atoms with van der Waals surface area (Å²) in [5.41, 5.74) is 2.56. The zero-order chi connectivity index (χ0) is 13.1. The number of alkyl halides is 3. The second kappa shape index (κ2) is 3.46. The number of hydrazine groups is 1. The van der Waals surface area contributed by atoms with E-state index in [1.165, 1.54) is 10.5 Å². The minimum absolute atomic E-state index is 0.173. The third-order valence-corrected chi connectivity index (χ3v) is 5.32. The van der Waals surface area contributed by atoms with Crippen LogP contribution in [0.3, 0.4) is 0 Å². The molecule has 2 atom stereocenters. The Balaban J connectivity index is 2.15. The maximum absolute atomic E-state index is 12.6. The van der Waals surface area contributed by atoms with Crippen molar-refractivity contribution in [3.8, 4) is 0 Å². The largest absolute Gasteiger partial charge is 0.416 e. The highest BCUT2D eigenvalue weighted by Crippen LogP contribution is 2.38. The lowest BCUT2D eigenvalue weighted by Crippen LogP contribution is -2.35. The number of nitrogens with zero attached hydrogens (tertiary/aromatic N) is 2. The normalized spacial score (nSPS) is 31.0. The van der Waals surface area contributed by atoms with Gasteiger partial charge >= 0.3 is 6.18 Å². The second-order valence-electron chi connectivity index (χ2n) is 4.26. The van der Waals surface area contributed by atoms with E-state index in [9.17, 15) is 17.4 Å². The molecule has 0 amide bonds. The number of nitrogens with one attached hydrogen (secondary N) is 1. The van der Waals surface area contributed by atoms with Gasteiger partial charge in [-0.25, -0.2) is 9.63 Å². The fourth-order valence-corrected chi connectivity index (χ4v) is 4.44. The molecule has 1 aromatic carbocycles. The predicted molar refractivity (Wildman–Crippen MR) is 58.4 cm³/mol. The van der Waals surface area contributed by atoms with Crippen LogP contribution in [0.4, 0.5) is 13.2 Å². The van der Waals surface area contributed by atoms with Crippen molar-refractivity contribution < 1.29 is 17.4 Å². The molecule has 0 spiro atoms. The molecule has 0 saturated carbocycles. The lowest BCUT2D eigenvalue weighted by Gasteiger charge is -2.10. The van der Waals surface area contributed by atoms with Crippen LogP contribution >= 0.6 is 0 Å². The Kier molecular flexibility index (Phi) is 2.30. The molecular formula is C10H10F3N3OS. The van der Waals surface area contributed by atoms with Crippen molar-refractivity contribution in [3.63, 3.8) is 0 Å². The Labute approximate surface area is 102 Å². The average Bonchev–Trinajstić information content (AvgIpc) is 2.65. The number of hydrogen-bond donors (Lipinski definition) is 1. The van der Waals surface area contributed by atoms with E-state index in [2.05, 4.69) is 9.79 Å². The van der Waals surface area contributed by atoms with Crippen molar-refractivity contribution in [2.24, 2.45) is 4.36 Å². The maximum atomic E-state index is 12.6. The zero-order valence-corrected chi connectivity index (χ0v) is 10.2. The predicted octanol–water partition coefficient (Wildman–Crippen LogP) is 2.13. The van der Waals surface area contributed by atoms with Crippen molar-refractivity contribution in [1.29, 1.82) is 0 Å². The molecular weight excluding hydrogens is 267 g/mol. The highest BCUT2D eigenvalue weighted by molar-refractivity contribution is 7.91. The SMILES string of the molecule is CC1N=S2(=O)c3ccc(C(F)(F)F)cc3CN2N1. The van der Waals surface area contributed by atoms with Gasteiger partial charge in [0.25, 0.3) is 0 Å². The number of fused-ring (bicyclic) bond motifs is 3. The molecule has 4 nitrogen and oxygen atoms in total. The van der Waals surface area contributed by atoms with Crippen molar-refractivity contribution in [2.75, 3.05) is 0 Å². The molecule has 0 fully saturated rings.